The van der Waals surface area contributed by atoms with E-state index in [-0.39, 0.29) is 10.4 Å². The minimum absolute atomic E-state index is 0.374. The zero-order chi connectivity index (χ0) is 13.3. The maximum absolute atomic E-state index is 11.0. The summed E-state index contributed by atoms with van der Waals surface area (Å²) in [5.74, 6) is -3.15. The molecule has 0 N–H and O–H groups in total. The molecule has 0 aromatic rings. The van der Waals surface area contributed by atoms with Crippen molar-refractivity contribution in [3.8, 4) is 0 Å². The number of hydrogen-bond acceptors (Lipinski definition) is 4. The number of halogens is 2. The van der Waals surface area contributed by atoms with Crippen LogP contribution in [0.25, 0.3) is 0 Å². The predicted octanol–water partition coefficient (Wildman–Crippen LogP) is -0.251. The van der Waals surface area contributed by atoms with Crippen molar-refractivity contribution < 1.29 is 19.8 Å². The summed E-state index contributed by atoms with van der Waals surface area (Å²) in [6.07, 6.45) is 0. The van der Waals surface area contributed by atoms with Crippen LogP contribution in [0.2, 0.25) is 26.2 Å². The van der Waals surface area contributed by atoms with Crippen LogP contribution in [0.15, 0.2) is 10.4 Å². The van der Waals surface area contributed by atoms with E-state index < -0.39 is 26.7 Å². The number of hydrogen-bond donors (Lipinski definition) is 0. The molecule has 0 saturated heterocycles. The molecule has 0 aliphatic carbocycles. The molecule has 92 valence electrons. The van der Waals surface area contributed by atoms with E-state index in [0.717, 1.165) is 0 Å². The Labute approximate surface area is 105 Å². The Kier molecular flexibility index (Phi) is 4.81. The second-order valence-corrected chi connectivity index (χ2v) is 16.8. The van der Waals surface area contributed by atoms with Crippen LogP contribution >= 0.6 is 22.2 Å². The molecular formula is C8H12Cl2O4Si2-2. The van der Waals surface area contributed by atoms with Crippen molar-refractivity contribution >= 4 is 48.9 Å². The first kappa shape index (κ1) is 15.7. The van der Waals surface area contributed by atoms with Gasteiger partial charge in [-0.3, -0.25) is 0 Å². The van der Waals surface area contributed by atoms with Crippen LogP contribution in [-0.4, -0.2) is 26.7 Å². The number of carbonyl (C=O) groups is 2. The zero-order valence-corrected chi connectivity index (χ0v) is 12.9. The minimum atomic E-state index is -2.87. The second kappa shape index (κ2) is 4.91. The van der Waals surface area contributed by atoms with Crippen molar-refractivity contribution in [3.05, 3.63) is 10.4 Å². The Morgan fingerprint density at radius 2 is 1.00 bits per heavy atom. The van der Waals surface area contributed by atoms with Crippen molar-refractivity contribution in [2.45, 2.75) is 26.2 Å². The van der Waals surface area contributed by atoms with Gasteiger partial charge in [0.2, 0.25) is 0 Å². The van der Waals surface area contributed by atoms with Gasteiger partial charge in [-0.2, -0.15) is 22.2 Å². The zero-order valence-electron chi connectivity index (χ0n) is 9.39. The minimum Gasteiger partial charge on any atom is -0.546 e. The van der Waals surface area contributed by atoms with Crippen molar-refractivity contribution in [2.24, 2.45) is 0 Å². The Morgan fingerprint density at radius 1 is 0.812 bits per heavy atom. The first-order chi connectivity index (χ1) is 6.89. The third kappa shape index (κ3) is 3.93. The predicted molar refractivity (Wildman–Crippen MR) is 63.7 cm³/mol. The van der Waals surface area contributed by atoms with Gasteiger partial charge in [-0.15, -0.1) is 0 Å². The lowest BCUT2D eigenvalue weighted by atomic mass is 10.5. The number of carboxylic acid groups (broad SMARTS) is 2. The molecule has 4 nitrogen and oxygen atoms in total. The van der Waals surface area contributed by atoms with Gasteiger partial charge in [-0.05, 0) is 10.4 Å². The van der Waals surface area contributed by atoms with Crippen LogP contribution in [0.3, 0.4) is 0 Å². The number of rotatable bonds is 4. The van der Waals surface area contributed by atoms with Gasteiger partial charge < -0.3 is 19.8 Å². The molecule has 0 radical (unpaired) electrons. The van der Waals surface area contributed by atoms with Crippen molar-refractivity contribution in [3.63, 3.8) is 0 Å². The molecule has 8 heteroatoms. The maximum Gasteiger partial charge on any atom is 0.182 e. The molecule has 0 aromatic heterocycles. The highest BCUT2D eigenvalue weighted by molar-refractivity contribution is 7.29. The second-order valence-electron chi connectivity index (χ2n) is 4.27. The lowest BCUT2D eigenvalue weighted by Crippen LogP contribution is -2.46. The summed E-state index contributed by atoms with van der Waals surface area (Å²) in [6.45, 7) is 6.00. The van der Waals surface area contributed by atoms with Crippen LogP contribution in [0, 0.1) is 0 Å². The van der Waals surface area contributed by atoms with E-state index >= 15 is 0 Å². The fourth-order valence-electron chi connectivity index (χ4n) is 1.28. The summed E-state index contributed by atoms with van der Waals surface area (Å²) in [5, 5.41) is 21.2. The third-order valence-corrected chi connectivity index (χ3v) is 6.52. The molecule has 0 fully saturated rings. The third-order valence-electron chi connectivity index (χ3n) is 1.85. The fraction of sp³-hybridized carbons (Fsp3) is 0.500. The summed E-state index contributed by atoms with van der Waals surface area (Å²) in [5.41, 5.74) is 0. The largest absolute Gasteiger partial charge is 0.546 e. The molecule has 0 atom stereocenters. The normalized spacial score (nSPS) is 14.4. The quantitative estimate of drug-likeness (QED) is 0.407. The van der Waals surface area contributed by atoms with Crippen molar-refractivity contribution in [2.75, 3.05) is 0 Å². The van der Waals surface area contributed by atoms with Crippen LogP contribution in [0.5, 0.6) is 0 Å². The Hall–Kier alpha value is -0.306. The maximum atomic E-state index is 11.0. The molecule has 0 unspecified atom stereocenters. The molecule has 0 amide bonds. The molecule has 0 rings (SSSR count). The van der Waals surface area contributed by atoms with E-state index in [2.05, 4.69) is 0 Å². The van der Waals surface area contributed by atoms with E-state index in [1.165, 1.54) is 26.2 Å². The Balaban J connectivity index is 6.09. The lowest BCUT2D eigenvalue weighted by Gasteiger charge is -2.29. The van der Waals surface area contributed by atoms with Gasteiger partial charge in [-0.25, -0.2) is 0 Å². The van der Waals surface area contributed by atoms with Gasteiger partial charge in [0, 0.05) is 0 Å². The van der Waals surface area contributed by atoms with E-state index in [4.69, 9.17) is 22.2 Å². The monoisotopic (exact) mass is 298 g/mol. The number of aliphatic carboxylic acids is 2. The van der Waals surface area contributed by atoms with Gasteiger partial charge in [0.05, 0.1) is 11.9 Å². The number of carbonyl (C=O) groups excluding carboxylic acids is 2. The van der Waals surface area contributed by atoms with E-state index in [1.54, 1.807) is 0 Å². The Morgan fingerprint density at radius 3 is 1.06 bits per heavy atom. The van der Waals surface area contributed by atoms with Gasteiger partial charge in [0.25, 0.3) is 0 Å². The summed E-state index contributed by atoms with van der Waals surface area (Å²) in [6, 6.07) is 0. The molecule has 0 aliphatic heterocycles. The number of carboxylic acids is 2. The van der Waals surface area contributed by atoms with Gasteiger partial charge in [-0.1, -0.05) is 26.2 Å². The van der Waals surface area contributed by atoms with Gasteiger partial charge in [0.1, 0.15) is 0 Å². The van der Waals surface area contributed by atoms with Crippen LogP contribution < -0.4 is 10.2 Å². The highest BCUT2D eigenvalue weighted by Gasteiger charge is 2.35. The highest BCUT2D eigenvalue weighted by Crippen LogP contribution is 2.29. The first-order valence-corrected chi connectivity index (χ1v) is 12.5. The standard InChI is InChI=1S/C8H14Cl2O4Si2/c1-15(2,9)5(7(11)12)6(8(13)14)16(3,4)10/h1-4H3,(H,11,12)(H,13,14)/p-2/b6-5+. The first-order valence-electron chi connectivity index (χ1n) is 4.44. The molecule has 0 heterocycles. The summed E-state index contributed by atoms with van der Waals surface area (Å²) < 4.78 is 0. The lowest BCUT2D eigenvalue weighted by molar-refractivity contribution is -0.302. The van der Waals surface area contributed by atoms with Gasteiger partial charge in [0.15, 0.2) is 14.8 Å². The average Bonchev–Trinajstić information content (AvgIpc) is 1.92. The van der Waals surface area contributed by atoms with Gasteiger partial charge >= 0.3 is 0 Å². The highest BCUT2D eigenvalue weighted by atomic mass is 35.6. The van der Waals surface area contributed by atoms with E-state index in [0.29, 0.717) is 0 Å². The molecule has 16 heavy (non-hydrogen) atoms. The van der Waals surface area contributed by atoms with E-state index in [1.807, 2.05) is 0 Å². The van der Waals surface area contributed by atoms with Crippen LogP contribution in [0.1, 0.15) is 0 Å². The van der Waals surface area contributed by atoms with Crippen molar-refractivity contribution in [1.29, 1.82) is 0 Å². The fourth-order valence-corrected chi connectivity index (χ4v) is 7.03. The summed E-state index contributed by atoms with van der Waals surface area (Å²) in [4.78, 5) is 22.0. The molecule has 0 spiro atoms. The molecule has 0 aliphatic rings. The smallest absolute Gasteiger partial charge is 0.182 e. The molecule has 0 aromatic carbocycles. The van der Waals surface area contributed by atoms with Crippen molar-refractivity contribution in [1.82, 2.24) is 0 Å². The molecule has 0 bridgehead atoms. The molecular weight excluding hydrogens is 287 g/mol. The Bertz CT molecular complexity index is 318. The summed E-state index contributed by atoms with van der Waals surface area (Å²) in [7, 11) is -5.73. The average molecular weight is 299 g/mol. The SMILES string of the molecule is C[Si](C)(Cl)/C(C(=O)[O-])=C(\C(=O)[O-])[Si](C)(C)Cl. The van der Waals surface area contributed by atoms with Crippen LogP contribution in [-0.2, 0) is 9.59 Å². The topological polar surface area (TPSA) is 80.3 Å². The molecule has 0 saturated carbocycles. The summed E-state index contributed by atoms with van der Waals surface area (Å²) >= 11 is 11.9. The van der Waals surface area contributed by atoms with E-state index in [9.17, 15) is 19.8 Å². The van der Waals surface area contributed by atoms with Crippen LogP contribution in [0.4, 0.5) is 0 Å².